The summed E-state index contributed by atoms with van der Waals surface area (Å²) in [5.74, 6) is -0.230. The third-order valence-corrected chi connectivity index (χ3v) is 4.63. The van der Waals surface area contributed by atoms with Crippen LogP contribution in [0.5, 0.6) is 0 Å². The number of fused-ring (bicyclic) bond motifs is 1. The van der Waals surface area contributed by atoms with E-state index in [1.54, 1.807) is 12.1 Å². The molecule has 0 fully saturated rings. The summed E-state index contributed by atoms with van der Waals surface area (Å²) in [4.78, 5) is 26.2. The van der Waals surface area contributed by atoms with Crippen molar-refractivity contribution in [3.8, 4) is 0 Å². The molecular formula is C21H26N4O2. The van der Waals surface area contributed by atoms with Crippen LogP contribution >= 0.6 is 0 Å². The maximum absolute atomic E-state index is 12.4. The number of carbonyl (C=O) groups is 2. The average Bonchev–Trinajstić information content (AvgIpc) is 2.67. The Bertz CT molecular complexity index is 835. The molecule has 1 heterocycles. The van der Waals surface area contributed by atoms with Gasteiger partial charge in [0.2, 0.25) is 5.91 Å². The van der Waals surface area contributed by atoms with Crippen LogP contribution in [0.4, 0.5) is 17.1 Å². The number of carbonyl (C=O) groups excluding carboxylic acids is 2. The molecule has 6 heteroatoms. The summed E-state index contributed by atoms with van der Waals surface area (Å²) >= 11 is 0. The normalized spacial score (nSPS) is 12.6. The van der Waals surface area contributed by atoms with Crippen LogP contribution in [0.3, 0.4) is 0 Å². The molecule has 3 rings (SSSR count). The first-order valence-electron chi connectivity index (χ1n) is 9.34. The Morgan fingerprint density at radius 2 is 2.04 bits per heavy atom. The molecule has 0 saturated carbocycles. The van der Waals surface area contributed by atoms with Gasteiger partial charge in [0.05, 0.1) is 17.9 Å². The minimum Gasteiger partial charge on any atom is -0.374 e. The number of amides is 2. The van der Waals surface area contributed by atoms with Crippen LogP contribution < -0.4 is 20.9 Å². The molecule has 2 aromatic rings. The van der Waals surface area contributed by atoms with Crippen LogP contribution in [0.2, 0.25) is 0 Å². The van der Waals surface area contributed by atoms with Gasteiger partial charge in [-0.1, -0.05) is 12.1 Å². The molecule has 0 spiro atoms. The van der Waals surface area contributed by atoms with E-state index in [0.29, 0.717) is 17.8 Å². The van der Waals surface area contributed by atoms with Crippen molar-refractivity contribution in [1.82, 2.24) is 5.32 Å². The van der Waals surface area contributed by atoms with Crippen molar-refractivity contribution < 1.29 is 9.59 Å². The van der Waals surface area contributed by atoms with Crippen molar-refractivity contribution in [2.75, 3.05) is 41.7 Å². The van der Waals surface area contributed by atoms with E-state index < -0.39 is 0 Å². The van der Waals surface area contributed by atoms with Crippen LogP contribution in [0.15, 0.2) is 42.5 Å². The van der Waals surface area contributed by atoms with Crippen LogP contribution in [0.25, 0.3) is 0 Å². The molecule has 1 aliphatic rings. The quantitative estimate of drug-likeness (QED) is 0.659. The SMILES string of the molecule is CCN(CCCNC(=O)c1ccc2c(c1)NC(=O)CN2)c1cccc(C)c1. The number of rotatable bonds is 7. The third-order valence-electron chi connectivity index (χ3n) is 4.63. The molecule has 0 bridgehead atoms. The summed E-state index contributed by atoms with van der Waals surface area (Å²) in [6, 6.07) is 13.7. The summed E-state index contributed by atoms with van der Waals surface area (Å²) < 4.78 is 0. The number of hydrogen-bond acceptors (Lipinski definition) is 4. The molecule has 0 aromatic heterocycles. The van der Waals surface area contributed by atoms with Crippen molar-refractivity contribution in [3.05, 3.63) is 53.6 Å². The summed E-state index contributed by atoms with van der Waals surface area (Å²) in [5, 5.41) is 8.76. The zero-order chi connectivity index (χ0) is 19.2. The molecule has 0 radical (unpaired) electrons. The molecule has 2 amide bonds. The van der Waals surface area contributed by atoms with E-state index >= 15 is 0 Å². The zero-order valence-electron chi connectivity index (χ0n) is 15.8. The molecule has 3 N–H and O–H groups in total. The lowest BCUT2D eigenvalue weighted by atomic mass is 10.1. The summed E-state index contributed by atoms with van der Waals surface area (Å²) in [7, 11) is 0. The summed E-state index contributed by atoms with van der Waals surface area (Å²) in [5.41, 5.74) is 4.48. The van der Waals surface area contributed by atoms with Gasteiger partial charge >= 0.3 is 0 Å². The molecule has 0 unspecified atom stereocenters. The van der Waals surface area contributed by atoms with Crippen LogP contribution in [0.1, 0.15) is 29.3 Å². The largest absolute Gasteiger partial charge is 0.374 e. The minimum atomic E-state index is -0.128. The molecule has 1 aliphatic heterocycles. The van der Waals surface area contributed by atoms with Gasteiger partial charge in [0.1, 0.15) is 0 Å². The minimum absolute atomic E-state index is 0.101. The highest BCUT2D eigenvalue weighted by molar-refractivity contribution is 6.03. The molecular weight excluding hydrogens is 340 g/mol. The first kappa shape index (κ1) is 18.8. The molecule has 0 aliphatic carbocycles. The Balaban J connectivity index is 1.51. The standard InChI is InChI=1S/C21H26N4O2/c1-3-25(17-7-4-6-15(2)12-17)11-5-10-22-21(27)16-8-9-18-19(13-16)24-20(26)14-23-18/h4,6-9,12-13,23H,3,5,10-11,14H2,1-2H3,(H,22,27)(H,24,26). The fraction of sp³-hybridized carbons (Fsp3) is 0.333. The molecule has 0 saturated heterocycles. The smallest absolute Gasteiger partial charge is 0.251 e. The van der Waals surface area contributed by atoms with Crippen molar-refractivity contribution in [2.45, 2.75) is 20.3 Å². The zero-order valence-corrected chi connectivity index (χ0v) is 15.8. The maximum atomic E-state index is 12.4. The van der Waals surface area contributed by atoms with Crippen molar-refractivity contribution >= 4 is 28.9 Å². The Kier molecular flexibility index (Phi) is 5.96. The van der Waals surface area contributed by atoms with Crippen LogP contribution in [0, 0.1) is 6.92 Å². The first-order chi connectivity index (χ1) is 13.1. The van der Waals surface area contributed by atoms with E-state index in [1.807, 2.05) is 6.07 Å². The second kappa shape index (κ2) is 8.58. The highest BCUT2D eigenvalue weighted by Gasteiger charge is 2.16. The fourth-order valence-corrected chi connectivity index (χ4v) is 3.18. The van der Waals surface area contributed by atoms with Crippen LogP contribution in [-0.4, -0.2) is 38.0 Å². The van der Waals surface area contributed by atoms with Crippen LogP contribution in [-0.2, 0) is 4.79 Å². The highest BCUT2D eigenvalue weighted by atomic mass is 16.2. The first-order valence-corrected chi connectivity index (χ1v) is 9.34. The van der Waals surface area contributed by atoms with Gasteiger partial charge in [-0.25, -0.2) is 0 Å². The predicted octanol–water partition coefficient (Wildman–Crippen LogP) is 3.01. The third kappa shape index (κ3) is 4.78. The Hall–Kier alpha value is -3.02. The van der Waals surface area contributed by atoms with Gasteiger partial charge < -0.3 is 20.9 Å². The van der Waals surface area contributed by atoms with E-state index in [9.17, 15) is 9.59 Å². The van der Waals surface area contributed by atoms with Crippen molar-refractivity contribution in [3.63, 3.8) is 0 Å². The van der Waals surface area contributed by atoms with Gasteiger partial charge in [-0.2, -0.15) is 0 Å². The van der Waals surface area contributed by atoms with E-state index in [4.69, 9.17) is 0 Å². The lowest BCUT2D eigenvalue weighted by molar-refractivity contribution is -0.114. The molecule has 2 aromatic carbocycles. The number of hydrogen-bond donors (Lipinski definition) is 3. The Labute approximate surface area is 159 Å². The van der Waals surface area contributed by atoms with E-state index in [2.05, 4.69) is 59.0 Å². The van der Waals surface area contributed by atoms with Gasteiger partial charge in [0.15, 0.2) is 0 Å². The van der Waals surface area contributed by atoms with Gasteiger partial charge in [-0.15, -0.1) is 0 Å². The van der Waals surface area contributed by atoms with E-state index in [0.717, 1.165) is 25.2 Å². The van der Waals surface area contributed by atoms with E-state index in [-0.39, 0.29) is 18.4 Å². The highest BCUT2D eigenvalue weighted by Crippen LogP contribution is 2.25. The summed E-state index contributed by atoms with van der Waals surface area (Å²) in [6.07, 6.45) is 0.858. The molecule has 142 valence electrons. The molecule has 6 nitrogen and oxygen atoms in total. The predicted molar refractivity (Wildman–Crippen MR) is 110 cm³/mol. The fourth-order valence-electron chi connectivity index (χ4n) is 3.18. The van der Waals surface area contributed by atoms with Gasteiger partial charge in [-0.05, 0) is 56.2 Å². The number of anilines is 3. The molecule has 0 atom stereocenters. The van der Waals surface area contributed by atoms with Gasteiger partial charge in [0.25, 0.3) is 5.91 Å². The number of aryl methyl sites for hydroxylation is 1. The maximum Gasteiger partial charge on any atom is 0.251 e. The van der Waals surface area contributed by atoms with Gasteiger partial charge in [0, 0.05) is 30.9 Å². The van der Waals surface area contributed by atoms with Crippen molar-refractivity contribution in [1.29, 1.82) is 0 Å². The number of nitrogens with one attached hydrogen (secondary N) is 3. The van der Waals surface area contributed by atoms with Gasteiger partial charge in [-0.3, -0.25) is 9.59 Å². The Morgan fingerprint density at radius 3 is 2.81 bits per heavy atom. The lowest BCUT2D eigenvalue weighted by Gasteiger charge is -2.23. The second-order valence-corrected chi connectivity index (χ2v) is 6.69. The lowest BCUT2D eigenvalue weighted by Crippen LogP contribution is -2.30. The number of nitrogens with zero attached hydrogens (tertiary/aromatic N) is 1. The Morgan fingerprint density at radius 1 is 1.19 bits per heavy atom. The van der Waals surface area contributed by atoms with Crippen molar-refractivity contribution in [2.24, 2.45) is 0 Å². The number of benzene rings is 2. The summed E-state index contributed by atoms with van der Waals surface area (Å²) in [6.45, 7) is 6.89. The topological polar surface area (TPSA) is 73.5 Å². The average molecular weight is 366 g/mol. The molecule has 27 heavy (non-hydrogen) atoms. The van der Waals surface area contributed by atoms with E-state index in [1.165, 1.54) is 11.3 Å². The second-order valence-electron chi connectivity index (χ2n) is 6.69. The monoisotopic (exact) mass is 366 g/mol.